The van der Waals surface area contributed by atoms with E-state index < -0.39 is 0 Å². The molecule has 1 heterocycles. The van der Waals surface area contributed by atoms with Gasteiger partial charge in [0.2, 0.25) is 0 Å². The standard InChI is InChI=1S/C13H20BrNS2/c1-11-8-16-12(15-11)17-10-13(9-14)6-4-2-3-5-7-13/h8H,2-7,9-10H2,1H3. The summed E-state index contributed by atoms with van der Waals surface area (Å²) in [4.78, 5) is 4.55. The molecule has 1 fully saturated rings. The van der Waals surface area contributed by atoms with Crippen LogP contribution in [0.15, 0.2) is 9.72 Å². The topological polar surface area (TPSA) is 12.9 Å². The van der Waals surface area contributed by atoms with E-state index in [4.69, 9.17) is 0 Å². The van der Waals surface area contributed by atoms with Gasteiger partial charge in [0, 0.05) is 22.2 Å². The van der Waals surface area contributed by atoms with Gasteiger partial charge in [-0.1, -0.05) is 53.4 Å². The predicted molar refractivity (Wildman–Crippen MR) is 81.5 cm³/mol. The van der Waals surface area contributed by atoms with Crippen LogP contribution in [0, 0.1) is 12.3 Å². The van der Waals surface area contributed by atoms with Crippen LogP contribution in [0.25, 0.3) is 0 Å². The summed E-state index contributed by atoms with van der Waals surface area (Å²) in [7, 11) is 0. The molecule has 0 spiro atoms. The number of alkyl halides is 1. The minimum absolute atomic E-state index is 0.515. The third-order valence-electron chi connectivity index (χ3n) is 3.55. The lowest BCUT2D eigenvalue weighted by Gasteiger charge is -2.30. The summed E-state index contributed by atoms with van der Waals surface area (Å²) < 4.78 is 1.24. The Bertz CT molecular complexity index is 343. The van der Waals surface area contributed by atoms with Crippen molar-refractivity contribution < 1.29 is 0 Å². The van der Waals surface area contributed by atoms with Crippen LogP contribution in [-0.2, 0) is 0 Å². The van der Waals surface area contributed by atoms with Crippen molar-refractivity contribution in [2.45, 2.75) is 49.8 Å². The van der Waals surface area contributed by atoms with Gasteiger partial charge >= 0.3 is 0 Å². The van der Waals surface area contributed by atoms with Gasteiger partial charge in [-0.25, -0.2) is 4.98 Å². The zero-order chi connectivity index (χ0) is 12.1. The quantitative estimate of drug-likeness (QED) is 0.422. The molecular weight excluding hydrogens is 314 g/mol. The van der Waals surface area contributed by atoms with Crippen molar-refractivity contribution in [3.05, 3.63) is 11.1 Å². The van der Waals surface area contributed by atoms with Crippen molar-refractivity contribution in [2.75, 3.05) is 11.1 Å². The van der Waals surface area contributed by atoms with Crippen LogP contribution in [0.1, 0.15) is 44.2 Å². The second-order valence-electron chi connectivity index (χ2n) is 5.09. The molecule has 1 aromatic rings. The monoisotopic (exact) mass is 333 g/mol. The number of aryl methyl sites for hydroxylation is 1. The Balaban J connectivity index is 1.93. The van der Waals surface area contributed by atoms with Crippen LogP contribution >= 0.6 is 39.0 Å². The summed E-state index contributed by atoms with van der Waals surface area (Å²) >= 11 is 7.50. The molecule has 0 amide bonds. The van der Waals surface area contributed by atoms with E-state index in [0.29, 0.717) is 5.41 Å². The molecule has 2 rings (SSSR count). The van der Waals surface area contributed by atoms with Crippen molar-refractivity contribution in [1.82, 2.24) is 4.98 Å². The number of nitrogens with zero attached hydrogens (tertiary/aromatic N) is 1. The van der Waals surface area contributed by atoms with Crippen LogP contribution in [0.2, 0.25) is 0 Å². The van der Waals surface area contributed by atoms with Crippen LogP contribution in [-0.4, -0.2) is 16.1 Å². The first-order valence-corrected chi connectivity index (χ1v) is 9.34. The number of hydrogen-bond acceptors (Lipinski definition) is 3. The Labute approximate surface area is 121 Å². The molecule has 0 N–H and O–H groups in total. The average Bonchev–Trinajstić information content (AvgIpc) is 2.63. The molecule has 96 valence electrons. The second-order valence-corrected chi connectivity index (χ2v) is 7.73. The first-order valence-electron chi connectivity index (χ1n) is 6.35. The first kappa shape index (κ1) is 13.9. The number of aromatic nitrogens is 1. The maximum absolute atomic E-state index is 4.55. The van der Waals surface area contributed by atoms with Gasteiger partial charge in [-0.3, -0.25) is 0 Å². The SMILES string of the molecule is Cc1csc(SCC2(CBr)CCCCCC2)n1. The number of thioether (sulfide) groups is 1. The molecule has 17 heavy (non-hydrogen) atoms. The van der Waals surface area contributed by atoms with Crippen LogP contribution in [0.4, 0.5) is 0 Å². The molecule has 1 nitrogen and oxygen atoms in total. The molecule has 4 heteroatoms. The lowest BCUT2D eigenvalue weighted by Crippen LogP contribution is -2.25. The molecule has 1 saturated carbocycles. The summed E-state index contributed by atoms with van der Waals surface area (Å²) in [6.07, 6.45) is 8.43. The van der Waals surface area contributed by atoms with Crippen LogP contribution in [0.5, 0.6) is 0 Å². The minimum atomic E-state index is 0.515. The molecule has 1 aromatic heterocycles. The summed E-state index contributed by atoms with van der Waals surface area (Å²) in [5.74, 6) is 1.23. The molecule has 0 bridgehead atoms. The van der Waals surface area contributed by atoms with Gasteiger partial charge in [0.1, 0.15) is 4.34 Å². The number of hydrogen-bond donors (Lipinski definition) is 0. The number of thiazole rings is 1. The van der Waals surface area contributed by atoms with E-state index in [1.165, 1.54) is 48.6 Å². The largest absolute Gasteiger partial charge is 0.235 e. The van der Waals surface area contributed by atoms with Crippen molar-refractivity contribution in [2.24, 2.45) is 5.41 Å². The fourth-order valence-corrected chi connectivity index (χ4v) is 5.57. The maximum Gasteiger partial charge on any atom is 0.150 e. The molecule has 0 radical (unpaired) electrons. The van der Waals surface area contributed by atoms with E-state index >= 15 is 0 Å². The third kappa shape index (κ3) is 3.97. The van der Waals surface area contributed by atoms with E-state index in [1.54, 1.807) is 11.3 Å². The van der Waals surface area contributed by atoms with Crippen molar-refractivity contribution >= 4 is 39.0 Å². The van der Waals surface area contributed by atoms with Crippen molar-refractivity contribution in [3.8, 4) is 0 Å². The summed E-state index contributed by atoms with van der Waals surface area (Å²) in [6, 6.07) is 0. The Morgan fingerprint density at radius 1 is 1.35 bits per heavy atom. The molecular formula is C13H20BrNS2. The lowest BCUT2D eigenvalue weighted by atomic mass is 9.85. The highest BCUT2D eigenvalue weighted by Gasteiger charge is 2.30. The zero-order valence-corrected chi connectivity index (χ0v) is 13.6. The highest BCUT2D eigenvalue weighted by atomic mass is 79.9. The molecule has 0 aliphatic heterocycles. The Hall–Kier alpha value is 0.460. The van der Waals surface area contributed by atoms with Gasteiger partial charge in [-0.05, 0) is 25.2 Å². The van der Waals surface area contributed by atoms with Gasteiger partial charge in [0.05, 0.1) is 0 Å². The number of halogens is 1. The Morgan fingerprint density at radius 3 is 2.59 bits per heavy atom. The van der Waals surface area contributed by atoms with Gasteiger partial charge in [-0.2, -0.15) is 0 Å². The second kappa shape index (κ2) is 6.58. The van der Waals surface area contributed by atoms with E-state index in [1.807, 2.05) is 11.8 Å². The first-order chi connectivity index (χ1) is 8.24. The van der Waals surface area contributed by atoms with Gasteiger partial charge in [-0.15, -0.1) is 11.3 Å². The van der Waals surface area contributed by atoms with Gasteiger partial charge in [0.15, 0.2) is 0 Å². The lowest BCUT2D eigenvalue weighted by molar-refractivity contribution is 0.334. The smallest absolute Gasteiger partial charge is 0.150 e. The number of rotatable bonds is 4. The fraction of sp³-hybridized carbons (Fsp3) is 0.769. The summed E-state index contributed by atoms with van der Waals surface area (Å²) in [5, 5.41) is 3.30. The summed E-state index contributed by atoms with van der Waals surface area (Å²) in [6.45, 7) is 2.08. The molecule has 1 aliphatic rings. The fourth-order valence-electron chi connectivity index (χ4n) is 2.41. The summed E-state index contributed by atoms with van der Waals surface area (Å²) in [5.41, 5.74) is 1.67. The highest BCUT2D eigenvalue weighted by molar-refractivity contribution is 9.09. The van der Waals surface area contributed by atoms with Crippen molar-refractivity contribution in [1.29, 1.82) is 0 Å². The Kier molecular flexibility index (Phi) is 5.37. The highest BCUT2D eigenvalue weighted by Crippen LogP contribution is 2.41. The van der Waals surface area contributed by atoms with Crippen LogP contribution < -0.4 is 0 Å². The Morgan fingerprint density at radius 2 is 2.06 bits per heavy atom. The molecule has 0 aromatic carbocycles. The molecule has 0 saturated heterocycles. The maximum atomic E-state index is 4.55. The van der Waals surface area contributed by atoms with E-state index in [2.05, 4.69) is 33.2 Å². The molecule has 0 atom stereocenters. The van der Waals surface area contributed by atoms with Gasteiger partial charge in [0.25, 0.3) is 0 Å². The van der Waals surface area contributed by atoms with Crippen LogP contribution in [0.3, 0.4) is 0 Å². The predicted octanol–water partition coefficient (Wildman–Crippen LogP) is 5.28. The van der Waals surface area contributed by atoms with Crippen molar-refractivity contribution in [3.63, 3.8) is 0 Å². The average molecular weight is 334 g/mol. The third-order valence-corrected chi connectivity index (χ3v) is 7.23. The van der Waals surface area contributed by atoms with E-state index in [-0.39, 0.29) is 0 Å². The van der Waals surface area contributed by atoms with Gasteiger partial charge < -0.3 is 0 Å². The molecule has 1 aliphatic carbocycles. The zero-order valence-electron chi connectivity index (χ0n) is 10.4. The van der Waals surface area contributed by atoms with E-state index in [0.717, 1.165) is 11.0 Å². The van der Waals surface area contributed by atoms with E-state index in [9.17, 15) is 0 Å². The minimum Gasteiger partial charge on any atom is -0.235 e. The molecule has 0 unspecified atom stereocenters. The normalized spacial score (nSPS) is 20.1.